The highest BCUT2D eigenvalue weighted by atomic mass is 19.4. The van der Waals surface area contributed by atoms with Crippen LogP contribution in [0.15, 0.2) is 85.3 Å². The van der Waals surface area contributed by atoms with Crippen molar-refractivity contribution in [3.63, 3.8) is 0 Å². The predicted molar refractivity (Wildman–Crippen MR) is 114 cm³/mol. The molecule has 0 saturated heterocycles. The zero-order valence-corrected chi connectivity index (χ0v) is 16.5. The number of hydrogen-bond acceptors (Lipinski definition) is 5. The Morgan fingerprint density at radius 3 is 2.06 bits per heavy atom. The maximum absolute atomic E-state index is 12.9. The van der Waals surface area contributed by atoms with Gasteiger partial charge in [-0.25, -0.2) is 15.0 Å². The zero-order valence-electron chi connectivity index (χ0n) is 16.5. The summed E-state index contributed by atoms with van der Waals surface area (Å²) in [6, 6.07) is 19.2. The molecule has 8 heteroatoms. The first-order valence-electron chi connectivity index (χ1n) is 9.67. The molecule has 2 aromatic carbocycles. The fourth-order valence-electron chi connectivity index (χ4n) is 3.31. The average molecular weight is 429 g/mol. The Bertz CT molecular complexity index is 1400. The van der Waals surface area contributed by atoms with Gasteiger partial charge in [-0.15, -0.1) is 0 Å². The van der Waals surface area contributed by atoms with Gasteiger partial charge >= 0.3 is 6.18 Å². The molecule has 0 saturated carbocycles. The highest BCUT2D eigenvalue weighted by Gasteiger charge is 2.32. The topological polar surface area (TPSA) is 64.5 Å². The third-order valence-corrected chi connectivity index (χ3v) is 4.87. The van der Waals surface area contributed by atoms with Crippen LogP contribution in [-0.4, -0.2) is 24.9 Å². The van der Waals surface area contributed by atoms with Crippen molar-refractivity contribution in [2.45, 2.75) is 6.18 Å². The number of benzene rings is 2. The summed E-state index contributed by atoms with van der Waals surface area (Å²) in [6.45, 7) is 0. The molecule has 0 spiro atoms. The third-order valence-electron chi connectivity index (χ3n) is 4.87. The van der Waals surface area contributed by atoms with E-state index in [4.69, 9.17) is 4.98 Å². The molecule has 0 aliphatic rings. The molecule has 0 bridgehead atoms. The van der Waals surface area contributed by atoms with Gasteiger partial charge in [0.15, 0.2) is 5.82 Å². The monoisotopic (exact) mass is 429 g/mol. The number of aromatic nitrogens is 5. The number of alkyl halides is 3. The molecule has 0 aliphatic heterocycles. The lowest BCUT2D eigenvalue weighted by Crippen LogP contribution is -2.07. The smallest absolute Gasteiger partial charge is 0.252 e. The molecule has 0 radical (unpaired) electrons. The SMILES string of the molecule is FC(F)(F)c1ccc(-c2ncc(-c3cnc4ccccc4n3)c(-c3ccccc3)n2)cn1. The Morgan fingerprint density at radius 2 is 1.34 bits per heavy atom. The third kappa shape index (κ3) is 3.78. The van der Waals surface area contributed by atoms with E-state index in [1.165, 1.54) is 6.07 Å². The molecule has 0 N–H and O–H groups in total. The van der Waals surface area contributed by atoms with E-state index in [0.717, 1.165) is 28.9 Å². The van der Waals surface area contributed by atoms with E-state index in [0.29, 0.717) is 22.5 Å². The number of nitrogens with zero attached hydrogens (tertiary/aromatic N) is 5. The van der Waals surface area contributed by atoms with E-state index in [1.807, 2.05) is 54.6 Å². The molecule has 5 aromatic rings. The quantitative estimate of drug-likeness (QED) is 0.361. The van der Waals surface area contributed by atoms with Crippen LogP contribution in [0.3, 0.4) is 0 Å². The van der Waals surface area contributed by atoms with Crippen molar-refractivity contribution in [1.29, 1.82) is 0 Å². The second-order valence-corrected chi connectivity index (χ2v) is 7.00. The van der Waals surface area contributed by atoms with E-state index in [-0.39, 0.29) is 5.82 Å². The van der Waals surface area contributed by atoms with Gasteiger partial charge < -0.3 is 0 Å². The summed E-state index contributed by atoms with van der Waals surface area (Å²) < 4.78 is 38.6. The van der Waals surface area contributed by atoms with Gasteiger partial charge in [0.2, 0.25) is 0 Å². The molecule has 156 valence electrons. The number of hydrogen-bond donors (Lipinski definition) is 0. The summed E-state index contributed by atoms with van der Waals surface area (Å²) in [7, 11) is 0. The first-order chi connectivity index (χ1) is 15.5. The summed E-state index contributed by atoms with van der Waals surface area (Å²) in [4.78, 5) is 21.7. The van der Waals surface area contributed by atoms with Crippen molar-refractivity contribution < 1.29 is 13.2 Å². The van der Waals surface area contributed by atoms with Gasteiger partial charge in [0.05, 0.1) is 28.6 Å². The fraction of sp³-hybridized carbons (Fsp3) is 0.0417. The largest absolute Gasteiger partial charge is 0.433 e. The Kier molecular flexibility index (Phi) is 4.82. The summed E-state index contributed by atoms with van der Waals surface area (Å²) in [6.07, 6.45) is -0.108. The maximum Gasteiger partial charge on any atom is 0.433 e. The number of para-hydroxylation sites is 2. The van der Waals surface area contributed by atoms with Crippen LogP contribution in [-0.2, 0) is 6.18 Å². The normalized spacial score (nSPS) is 11.6. The molecule has 0 atom stereocenters. The summed E-state index contributed by atoms with van der Waals surface area (Å²) in [5, 5.41) is 0. The fourth-order valence-corrected chi connectivity index (χ4v) is 3.31. The lowest BCUT2D eigenvalue weighted by Gasteiger charge is -2.11. The molecular weight excluding hydrogens is 415 g/mol. The molecule has 3 heterocycles. The van der Waals surface area contributed by atoms with Gasteiger partial charge in [0.25, 0.3) is 0 Å². The Morgan fingerprint density at radius 1 is 0.594 bits per heavy atom. The molecule has 5 rings (SSSR count). The Labute approximate surface area is 180 Å². The molecule has 3 aromatic heterocycles. The summed E-state index contributed by atoms with van der Waals surface area (Å²) in [5.74, 6) is 0.266. The van der Waals surface area contributed by atoms with Crippen molar-refractivity contribution >= 4 is 11.0 Å². The second kappa shape index (κ2) is 7.81. The van der Waals surface area contributed by atoms with Crippen molar-refractivity contribution in [2.24, 2.45) is 0 Å². The van der Waals surface area contributed by atoms with Gasteiger partial charge in [0, 0.05) is 29.1 Å². The van der Waals surface area contributed by atoms with Crippen LogP contribution < -0.4 is 0 Å². The van der Waals surface area contributed by atoms with E-state index in [1.54, 1.807) is 12.4 Å². The van der Waals surface area contributed by atoms with Gasteiger partial charge in [0.1, 0.15) is 5.69 Å². The Balaban J connectivity index is 1.64. The molecule has 0 amide bonds. The van der Waals surface area contributed by atoms with Crippen LogP contribution >= 0.6 is 0 Å². The first-order valence-corrected chi connectivity index (χ1v) is 9.67. The summed E-state index contributed by atoms with van der Waals surface area (Å²) in [5.41, 5.74) is 3.60. The van der Waals surface area contributed by atoms with Crippen LogP contribution in [0.25, 0.3) is 44.9 Å². The zero-order chi connectivity index (χ0) is 22.1. The van der Waals surface area contributed by atoms with Crippen LogP contribution in [0, 0.1) is 0 Å². The number of rotatable bonds is 3. The maximum atomic E-state index is 12.9. The van der Waals surface area contributed by atoms with E-state index in [9.17, 15) is 13.2 Å². The Hall–Kier alpha value is -4.20. The number of fused-ring (bicyclic) bond motifs is 1. The van der Waals surface area contributed by atoms with Crippen molar-refractivity contribution in [2.75, 3.05) is 0 Å². The van der Waals surface area contributed by atoms with E-state index in [2.05, 4.69) is 19.9 Å². The highest BCUT2D eigenvalue weighted by molar-refractivity contribution is 5.83. The van der Waals surface area contributed by atoms with Crippen molar-refractivity contribution in [1.82, 2.24) is 24.9 Å². The van der Waals surface area contributed by atoms with Crippen LogP contribution in [0.1, 0.15) is 5.69 Å². The van der Waals surface area contributed by atoms with Gasteiger partial charge in [-0.2, -0.15) is 13.2 Å². The van der Waals surface area contributed by atoms with Crippen LogP contribution in [0.4, 0.5) is 13.2 Å². The molecule has 32 heavy (non-hydrogen) atoms. The number of pyridine rings is 1. The van der Waals surface area contributed by atoms with Crippen LogP contribution in [0.2, 0.25) is 0 Å². The van der Waals surface area contributed by atoms with E-state index < -0.39 is 11.9 Å². The lowest BCUT2D eigenvalue weighted by atomic mass is 10.0. The predicted octanol–water partition coefficient (Wildman–Crippen LogP) is 5.83. The minimum absolute atomic E-state index is 0.266. The van der Waals surface area contributed by atoms with Gasteiger partial charge in [-0.05, 0) is 24.3 Å². The molecule has 0 unspecified atom stereocenters. The van der Waals surface area contributed by atoms with Gasteiger partial charge in [-0.3, -0.25) is 9.97 Å². The second-order valence-electron chi connectivity index (χ2n) is 7.00. The van der Waals surface area contributed by atoms with E-state index >= 15 is 0 Å². The molecule has 0 aliphatic carbocycles. The first kappa shape index (κ1) is 19.7. The molecule has 0 fully saturated rings. The minimum Gasteiger partial charge on any atom is -0.252 e. The highest BCUT2D eigenvalue weighted by Crippen LogP contribution is 2.32. The van der Waals surface area contributed by atoms with Crippen molar-refractivity contribution in [3.05, 3.63) is 91.0 Å². The minimum atomic E-state index is -4.51. The van der Waals surface area contributed by atoms with Crippen LogP contribution in [0.5, 0.6) is 0 Å². The molecule has 5 nitrogen and oxygen atoms in total. The summed E-state index contributed by atoms with van der Waals surface area (Å²) >= 11 is 0. The average Bonchev–Trinajstić information content (AvgIpc) is 2.83. The lowest BCUT2D eigenvalue weighted by molar-refractivity contribution is -0.141. The van der Waals surface area contributed by atoms with Gasteiger partial charge in [-0.1, -0.05) is 42.5 Å². The standard InChI is InChI=1S/C24H14F3N5/c25-24(26,27)21-11-10-16(12-29-21)23-30-13-17(22(32-23)15-6-2-1-3-7-15)20-14-28-18-8-4-5-9-19(18)31-20/h1-14H. The number of halogens is 3. The molecular formula is C24H14F3N5. The van der Waals surface area contributed by atoms with Crippen molar-refractivity contribution in [3.8, 4) is 33.9 Å².